The van der Waals surface area contributed by atoms with Crippen LogP contribution in [0.5, 0.6) is 0 Å². The van der Waals surface area contributed by atoms with E-state index in [1.807, 2.05) is 25.7 Å². The fourth-order valence-corrected chi connectivity index (χ4v) is 6.41. The lowest BCUT2D eigenvalue weighted by molar-refractivity contribution is -0.121. The van der Waals surface area contributed by atoms with E-state index in [0.29, 0.717) is 11.7 Å². The third-order valence-electron chi connectivity index (χ3n) is 3.76. The van der Waals surface area contributed by atoms with E-state index in [0.717, 1.165) is 6.42 Å². The second-order valence-corrected chi connectivity index (χ2v) is 8.49. The Kier molecular flexibility index (Phi) is 4.25. The van der Waals surface area contributed by atoms with Gasteiger partial charge in [-0.05, 0) is 13.3 Å². The minimum absolute atomic E-state index is 0.0107. The van der Waals surface area contributed by atoms with Gasteiger partial charge in [0.05, 0.1) is 17.5 Å². The van der Waals surface area contributed by atoms with Crippen LogP contribution in [-0.4, -0.2) is 53.7 Å². The molecule has 7 heteroatoms. The van der Waals surface area contributed by atoms with Crippen molar-refractivity contribution in [1.82, 2.24) is 4.90 Å². The number of rotatable bonds is 3. The third-order valence-corrected chi connectivity index (χ3v) is 7.00. The SMILES string of the molecule is CC[C@@H](C)C(=O)N=C1S[C@H]2CS(=O)(=O)C[C@@H]2N1CC. The number of sulfone groups is 1. The molecule has 0 aliphatic carbocycles. The van der Waals surface area contributed by atoms with Crippen molar-refractivity contribution in [1.29, 1.82) is 0 Å². The number of hydrogen-bond donors (Lipinski definition) is 0. The summed E-state index contributed by atoms with van der Waals surface area (Å²) >= 11 is 1.45. The molecule has 0 saturated carbocycles. The molecule has 0 aromatic carbocycles. The topological polar surface area (TPSA) is 66.8 Å². The summed E-state index contributed by atoms with van der Waals surface area (Å²) in [5, 5.41) is 0.742. The van der Waals surface area contributed by atoms with Gasteiger partial charge < -0.3 is 4.90 Å². The highest BCUT2D eigenvalue weighted by atomic mass is 32.2. The Labute approximate surface area is 118 Å². The molecule has 0 unspecified atom stereocenters. The average Bonchev–Trinajstić information content (AvgIpc) is 2.78. The van der Waals surface area contributed by atoms with E-state index in [1.54, 1.807) is 0 Å². The van der Waals surface area contributed by atoms with Crippen LogP contribution in [0.4, 0.5) is 0 Å². The van der Waals surface area contributed by atoms with Gasteiger partial charge in [0.25, 0.3) is 5.91 Å². The van der Waals surface area contributed by atoms with E-state index in [4.69, 9.17) is 0 Å². The fourth-order valence-electron chi connectivity index (χ4n) is 2.38. The van der Waals surface area contributed by atoms with Crippen molar-refractivity contribution in [2.24, 2.45) is 10.9 Å². The van der Waals surface area contributed by atoms with Crippen LogP contribution in [0.1, 0.15) is 27.2 Å². The predicted octanol–water partition coefficient (Wildman–Crippen LogP) is 1.15. The number of carbonyl (C=O) groups is 1. The van der Waals surface area contributed by atoms with Crippen molar-refractivity contribution in [2.75, 3.05) is 18.1 Å². The zero-order chi connectivity index (χ0) is 14.2. The Hall–Kier alpha value is -0.560. The number of fused-ring (bicyclic) bond motifs is 1. The molecule has 2 heterocycles. The summed E-state index contributed by atoms with van der Waals surface area (Å²) in [6.45, 7) is 6.49. The van der Waals surface area contributed by atoms with Gasteiger partial charge in [0.15, 0.2) is 15.0 Å². The highest BCUT2D eigenvalue weighted by Gasteiger charge is 2.48. The van der Waals surface area contributed by atoms with Crippen molar-refractivity contribution >= 4 is 32.7 Å². The van der Waals surface area contributed by atoms with Gasteiger partial charge in [0.1, 0.15) is 0 Å². The molecule has 0 radical (unpaired) electrons. The molecule has 1 amide bonds. The summed E-state index contributed by atoms with van der Waals surface area (Å²) in [6.07, 6.45) is 0.771. The van der Waals surface area contributed by atoms with Gasteiger partial charge in [0, 0.05) is 17.7 Å². The summed E-state index contributed by atoms with van der Waals surface area (Å²) in [6, 6.07) is -0.0107. The summed E-state index contributed by atoms with van der Waals surface area (Å²) in [7, 11) is -2.92. The maximum atomic E-state index is 11.9. The highest BCUT2D eigenvalue weighted by Crippen LogP contribution is 2.37. The van der Waals surface area contributed by atoms with Crippen molar-refractivity contribution in [3.63, 3.8) is 0 Å². The summed E-state index contributed by atoms with van der Waals surface area (Å²) in [5.74, 6) is 0.215. The highest BCUT2D eigenvalue weighted by molar-refractivity contribution is 8.15. The predicted molar refractivity (Wildman–Crippen MR) is 78.1 cm³/mol. The van der Waals surface area contributed by atoms with Crippen LogP contribution < -0.4 is 0 Å². The second kappa shape index (κ2) is 5.44. The van der Waals surface area contributed by atoms with Crippen LogP contribution in [0.25, 0.3) is 0 Å². The number of thioether (sulfide) groups is 1. The molecule has 0 N–H and O–H groups in total. The number of hydrogen-bond acceptors (Lipinski definition) is 4. The molecule has 0 aromatic heterocycles. The summed E-state index contributed by atoms with van der Waals surface area (Å²) in [4.78, 5) is 18.1. The Balaban J connectivity index is 2.18. The van der Waals surface area contributed by atoms with E-state index in [2.05, 4.69) is 4.99 Å². The summed E-state index contributed by atoms with van der Waals surface area (Å²) < 4.78 is 23.3. The van der Waals surface area contributed by atoms with Crippen molar-refractivity contribution < 1.29 is 13.2 Å². The standard InChI is InChI=1S/C12H20N2O3S2/c1-4-8(3)11(15)13-12-14(5-2)9-6-19(16,17)7-10(9)18-12/h8-10H,4-7H2,1-3H3/t8-,9+,10+/m1/s1. The quantitative estimate of drug-likeness (QED) is 0.782. The van der Waals surface area contributed by atoms with Gasteiger partial charge in [-0.2, -0.15) is 4.99 Å². The molecule has 19 heavy (non-hydrogen) atoms. The van der Waals surface area contributed by atoms with E-state index >= 15 is 0 Å². The lowest BCUT2D eigenvalue weighted by atomic mass is 10.1. The van der Waals surface area contributed by atoms with Crippen LogP contribution in [0, 0.1) is 5.92 Å². The molecular formula is C12H20N2O3S2. The molecule has 0 aromatic rings. The smallest absolute Gasteiger partial charge is 0.250 e. The minimum Gasteiger partial charge on any atom is -0.346 e. The van der Waals surface area contributed by atoms with E-state index in [-0.39, 0.29) is 34.6 Å². The number of nitrogens with zero attached hydrogens (tertiary/aromatic N) is 2. The molecular weight excluding hydrogens is 284 g/mol. The molecule has 0 spiro atoms. The summed E-state index contributed by atoms with van der Waals surface area (Å²) in [5.41, 5.74) is 0. The Morgan fingerprint density at radius 2 is 2.16 bits per heavy atom. The second-order valence-electron chi connectivity index (χ2n) is 5.13. The van der Waals surface area contributed by atoms with Gasteiger partial charge in [-0.15, -0.1) is 0 Å². The largest absolute Gasteiger partial charge is 0.346 e. The van der Waals surface area contributed by atoms with Crippen molar-refractivity contribution in [2.45, 2.75) is 38.5 Å². The maximum absolute atomic E-state index is 11.9. The van der Waals surface area contributed by atoms with Crippen LogP contribution in [0.3, 0.4) is 0 Å². The molecule has 2 fully saturated rings. The molecule has 2 saturated heterocycles. The van der Waals surface area contributed by atoms with Crippen LogP contribution in [-0.2, 0) is 14.6 Å². The lowest BCUT2D eigenvalue weighted by Gasteiger charge is -2.22. The first kappa shape index (κ1) is 14.8. The lowest BCUT2D eigenvalue weighted by Crippen LogP contribution is -2.37. The number of amidine groups is 1. The minimum atomic E-state index is -2.92. The first-order valence-corrected chi connectivity index (χ1v) is 9.34. The van der Waals surface area contributed by atoms with Gasteiger partial charge in [0.2, 0.25) is 0 Å². The number of carbonyl (C=O) groups excluding carboxylic acids is 1. The Morgan fingerprint density at radius 1 is 1.47 bits per heavy atom. The average molecular weight is 304 g/mol. The van der Waals surface area contributed by atoms with Crippen LogP contribution in [0.2, 0.25) is 0 Å². The normalized spacial score (nSPS) is 32.6. The monoisotopic (exact) mass is 304 g/mol. The zero-order valence-corrected chi connectivity index (χ0v) is 13.1. The molecule has 3 atom stereocenters. The van der Waals surface area contributed by atoms with Gasteiger partial charge in [-0.1, -0.05) is 25.6 Å². The van der Waals surface area contributed by atoms with E-state index in [9.17, 15) is 13.2 Å². The van der Waals surface area contributed by atoms with E-state index < -0.39 is 9.84 Å². The van der Waals surface area contributed by atoms with Gasteiger partial charge in [-0.3, -0.25) is 4.79 Å². The molecule has 2 aliphatic rings. The molecule has 2 aliphatic heterocycles. The van der Waals surface area contributed by atoms with Crippen molar-refractivity contribution in [3.05, 3.63) is 0 Å². The molecule has 108 valence electrons. The van der Waals surface area contributed by atoms with Crippen LogP contribution >= 0.6 is 11.8 Å². The number of aliphatic imine (C=N–C) groups is 1. The van der Waals surface area contributed by atoms with Crippen LogP contribution in [0.15, 0.2) is 4.99 Å². The zero-order valence-electron chi connectivity index (χ0n) is 11.5. The van der Waals surface area contributed by atoms with Gasteiger partial charge >= 0.3 is 0 Å². The Bertz CT molecular complexity index is 501. The fraction of sp³-hybridized carbons (Fsp3) is 0.833. The maximum Gasteiger partial charge on any atom is 0.250 e. The van der Waals surface area contributed by atoms with Gasteiger partial charge in [-0.25, -0.2) is 8.42 Å². The molecule has 0 bridgehead atoms. The van der Waals surface area contributed by atoms with E-state index in [1.165, 1.54) is 11.8 Å². The number of amides is 1. The first-order chi connectivity index (χ1) is 8.88. The first-order valence-electron chi connectivity index (χ1n) is 6.64. The molecule has 5 nitrogen and oxygen atoms in total. The Morgan fingerprint density at radius 3 is 2.74 bits per heavy atom. The molecule has 2 rings (SSSR count). The third kappa shape index (κ3) is 2.97. The van der Waals surface area contributed by atoms with Crippen molar-refractivity contribution in [3.8, 4) is 0 Å².